The molecular weight excluding hydrogens is 378 g/mol. The number of aromatic nitrogens is 2. The molecule has 138 valence electrons. The molecule has 0 amide bonds. The fourth-order valence-corrected chi connectivity index (χ4v) is 2.40. The Morgan fingerprint density at radius 2 is 1.88 bits per heavy atom. The van der Waals surface area contributed by atoms with Gasteiger partial charge in [0.2, 0.25) is 0 Å². The summed E-state index contributed by atoms with van der Waals surface area (Å²) in [5.74, 6) is -2.81. The minimum atomic E-state index is -5.22. The molecule has 2 aromatic rings. The van der Waals surface area contributed by atoms with Crippen LogP contribution in [0.15, 0.2) is 12.3 Å². The molecule has 0 aliphatic rings. The molecule has 0 atom stereocenters. The Labute approximate surface area is 142 Å². The van der Waals surface area contributed by atoms with Crippen molar-refractivity contribution in [3.8, 4) is 0 Å². The predicted octanol–water partition coefficient (Wildman–Crippen LogP) is 4.74. The highest BCUT2D eigenvalue weighted by Crippen LogP contribution is 2.34. The van der Waals surface area contributed by atoms with Crippen molar-refractivity contribution >= 4 is 23.2 Å². The van der Waals surface area contributed by atoms with Crippen LogP contribution in [0.4, 0.5) is 26.3 Å². The van der Waals surface area contributed by atoms with Crippen molar-refractivity contribution in [2.45, 2.75) is 38.7 Å². The fourth-order valence-electron chi connectivity index (χ4n) is 2.15. The molecule has 0 aliphatic heterocycles. The van der Waals surface area contributed by atoms with Gasteiger partial charge in [-0.3, -0.25) is 4.40 Å². The van der Waals surface area contributed by atoms with Gasteiger partial charge in [-0.1, -0.05) is 25.4 Å². The third kappa shape index (κ3) is 4.00. The van der Waals surface area contributed by atoms with Crippen LogP contribution in [0.5, 0.6) is 0 Å². The van der Waals surface area contributed by atoms with E-state index in [0.717, 1.165) is 4.40 Å². The van der Waals surface area contributed by atoms with E-state index in [1.54, 1.807) is 13.8 Å². The lowest BCUT2D eigenvalue weighted by molar-refractivity contribution is -0.201. The summed E-state index contributed by atoms with van der Waals surface area (Å²) in [5, 5.41) is -0.329. The molecule has 0 bridgehead atoms. The van der Waals surface area contributed by atoms with Crippen molar-refractivity contribution in [1.29, 1.82) is 0 Å². The highest BCUT2D eigenvalue weighted by molar-refractivity contribution is 6.33. The first-order chi connectivity index (χ1) is 11.3. The largest absolute Gasteiger partial charge is 0.490 e. The average molecular weight is 389 g/mol. The van der Waals surface area contributed by atoms with Gasteiger partial charge in [-0.15, -0.1) is 0 Å². The molecule has 25 heavy (non-hydrogen) atoms. The SMILES string of the molecule is CC(C)c1nc2c(Cl)cc(C(F)(F)F)cn2c1COC(=O)C(F)(F)F. The van der Waals surface area contributed by atoms with Crippen molar-refractivity contribution in [3.63, 3.8) is 0 Å². The number of esters is 1. The minimum Gasteiger partial charge on any atom is -0.453 e. The molecule has 0 radical (unpaired) electrons. The van der Waals surface area contributed by atoms with Gasteiger partial charge in [0.05, 0.1) is 22.0 Å². The topological polar surface area (TPSA) is 43.6 Å². The second kappa shape index (κ2) is 6.40. The molecule has 4 nitrogen and oxygen atoms in total. The second-order valence-corrected chi connectivity index (χ2v) is 5.85. The zero-order chi connectivity index (χ0) is 19.2. The molecule has 0 saturated heterocycles. The molecule has 0 N–H and O–H groups in total. The Kier molecular flexibility index (Phi) is 4.95. The Balaban J connectivity index is 2.57. The number of pyridine rings is 1. The number of ether oxygens (including phenoxy) is 1. The van der Waals surface area contributed by atoms with Crippen LogP contribution in [0.1, 0.15) is 36.7 Å². The minimum absolute atomic E-state index is 0.0728. The molecule has 0 fully saturated rings. The summed E-state index contributed by atoms with van der Waals surface area (Å²) in [6.45, 7) is 2.37. The summed E-state index contributed by atoms with van der Waals surface area (Å²) >= 11 is 5.82. The van der Waals surface area contributed by atoms with E-state index in [4.69, 9.17) is 11.6 Å². The summed E-state index contributed by atoms with van der Waals surface area (Å²) < 4.78 is 80.7. The maximum atomic E-state index is 12.9. The Morgan fingerprint density at radius 1 is 1.28 bits per heavy atom. The lowest BCUT2D eigenvalue weighted by Crippen LogP contribution is -2.25. The number of nitrogens with zero attached hydrogens (tertiary/aromatic N) is 2. The number of imidazole rings is 1. The Bertz CT molecular complexity index is 810. The van der Waals surface area contributed by atoms with Crippen LogP contribution in [0.3, 0.4) is 0 Å². The van der Waals surface area contributed by atoms with Gasteiger partial charge in [0, 0.05) is 6.20 Å². The third-order valence-corrected chi connectivity index (χ3v) is 3.53. The number of halogens is 7. The van der Waals surface area contributed by atoms with Crippen LogP contribution in [0, 0.1) is 0 Å². The highest BCUT2D eigenvalue weighted by atomic mass is 35.5. The van der Waals surface area contributed by atoms with Gasteiger partial charge in [-0.05, 0) is 12.0 Å². The van der Waals surface area contributed by atoms with Gasteiger partial charge in [-0.2, -0.15) is 26.3 Å². The van der Waals surface area contributed by atoms with Gasteiger partial charge in [0.15, 0.2) is 5.65 Å². The molecule has 2 heterocycles. The van der Waals surface area contributed by atoms with Crippen molar-refractivity contribution in [3.05, 3.63) is 34.2 Å². The number of rotatable bonds is 3. The number of fused-ring (bicyclic) bond motifs is 1. The van der Waals surface area contributed by atoms with Crippen LogP contribution >= 0.6 is 11.6 Å². The molecule has 11 heteroatoms. The number of carbonyl (C=O) groups excluding carboxylic acids is 1. The van der Waals surface area contributed by atoms with Gasteiger partial charge in [0.1, 0.15) is 6.61 Å². The van der Waals surface area contributed by atoms with E-state index in [1.165, 1.54) is 0 Å². The van der Waals surface area contributed by atoms with Crippen LogP contribution in [0.25, 0.3) is 5.65 Å². The van der Waals surface area contributed by atoms with Gasteiger partial charge >= 0.3 is 18.3 Å². The lowest BCUT2D eigenvalue weighted by Gasteiger charge is -2.12. The monoisotopic (exact) mass is 388 g/mol. The molecule has 0 saturated carbocycles. The maximum absolute atomic E-state index is 12.9. The maximum Gasteiger partial charge on any atom is 0.490 e. The molecule has 2 aromatic heterocycles. The first-order valence-corrected chi connectivity index (χ1v) is 7.21. The first-order valence-electron chi connectivity index (χ1n) is 6.84. The zero-order valence-electron chi connectivity index (χ0n) is 12.8. The van der Waals surface area contributed by atoms with Crippen molar-refractivity contribution in [2.75, 3.05) is 0 Å². The van der Waals surface area contributed by atoms with E-state index < -0.39 is 30.5 Å². The van der Waals surface area contributed by atoms with Gasteiger partial charge in [0.25, 0.3) is 0 Å². The molecule has 0 spiro atoms. The summed E-state index contributed by atoms with van der Waals surface area (Å²) in [7, 11) is 0. The Morgan fingerprint density at radius 3 is 2.36 bits per heavy atom. The highest BCUT2D eigenvalue weighted by Gasteiger charge is 2.41. The third-order valence-electron chi connectivity index (χ3n) is 3.25. The van der Waals surface area contributed by atoms with Crippen molar-refractivity contribution < 1.29 is 35.9 Å². The summed E-state index contributed by atoms with van der Waals surface area (Å²) in [6.07, 6.45) is -9.29. The van der Waals surface area contributed by atoms with Crippen LogP contribution in [-0.2, 0) is 22.3 Å². The summed E-state index contributed by atoms with van der Waals surface area (Å²) in [5.41, 5.74) is -1.12. The smallest absolute Gasteiger partial charge is 0.453 e. The molecule has 0 unspecified atom stereocenters. The Hall–Kier alpha value is -1.97. The number of carbonyl (C=O) groups is 1. The van der Waals surface area contributed by atoms with Crippen LogP contribution in [0.2, 0.25) is 5.02 Å². The number of alkyl halides is 6. The van der Waals surface area contributed by atoms with E-state index in [-0.39, 0.29) is 28.0 Å². The van der Waals surface area contributed by atoms with Crippen LogP contribution in [-0.4, -0.2) is 21.5 Å². The fraction of sp³-hybridized carbons (Fsp3) is 0.429. The molecule has 0 aromatic carbocycles. The van der Waals surface area contributed by atoms with E-state index in [9.17, 15) is 31.1 Å². The average Bonchev–Trinajstić information content (AvgIpc) is 2.82. The molecule has 0 aliphatic carbocycles. The van der Waals surface area contributed by atoms with Gasteiger partial charge in [-0.25, -0.2) is 9.78 Å². The zero-order valence-corrected chi connectivity index (χ0v) is 13.6. The van der Waals surface area contributed by atoms with E-state index >= 15 is 0 Å². The normalized spacial score (nSPS) is 12.9. The van der Waals surface area contributed by atoms with Crippen molar-refractivity contribution in [1.82, 2.24) is 9.38 Å². The number of hydrogen-bond donors (Lipinski definition) is 0. The summed E-state index contributed by atoms with van der Waals surface area (Å²) in [4.78, 5) is 15.0. The van der Waals surface area contributed by atoms with E-state index in [2.05, 4.69) is 9.72 Å². The molecule has 2 rings (SSSR count). The van der Waals surface area contributed by atoms with Gasteiger partial charge < -0.3 is 4.74 Å². The van der Waals surface area contributed by atoms with Crippen molar-refractivity contribution in [2.24, 2.45) is 0 Å². The first kappa shape index (κ1) is 19.4. The summed E-state index contributed by atoms with van der Waals surface area (Å²) in [6, 6.07) is 0.666. The standard InChI is InChI=1S/C14H11ClF6N2O2/c1-6(2)10-9(5-25-12(24)14(19,20)21)23-4-7(13(16,17)18)3-8(15)11(23)22-10/h3-4,6H,5H2,1-2H3. The van der Waals surface area contributed by atoms with Crippen LogP contribution < -0.4 is 0 Å². The molecular formula is C14H11ClF6N2O2. The lowest BCUT2D eigenvalue weighted by atomic mass is 10.1. The van der Waals surface area contributed by atoms with E-state index in [1.807, 2.05) is 0 Å². The quantitative estimate of drug-likeness (QED) is 0.563. The van der Waals surface area contributed by atoms with E-state index in [0.29, 0.717) is 12.3 Å². The number of hydrogen-bond acceptors (Lipinski definition) is 3. The second-order valence-electron chi connectivity index (χ2n) is 5.44. The predicted molar refractivity (Wildman–Crippen MR) is 75.1 cm³/mol.